The second kappa shape index (κ2) is 7.78. The number of aliphatic imine (C=N–C) groups is 1. The first kappa shape index (κ1) is 20.1. The molecule has 7 heteroatoms. The Kier molecular flexibility index (Phi) is 4.73. The molecule has 6 nitrogen and oxygen atoms in total. The van der Waals surface area contributed by atoms with E-state index in [4.69, 9.17) is 24.9 Å². The first-order valence-electron chi connectivity index (χ1n) is 11.1. The minimum atomic E-state index is -0.956. The fourth-order valence-electron chi connectivity index (χ4n) is 4.89. The van der Waals surface area contributed by atoms with Gasteiger partial charge in [0, 0.05) is 36.0 Å². The van der Waals surface area contributed by atoms with Gasteiger partial charge in [0.05, 0.1) is 13.2 Å². The van der Waals surface area contributed by atoms with Gasteiger partial charge in [0.25, 0.3) is 6.02 Å². The van der Waals surface area contributed by atoms with Crippen molar-refractivity contribution in [2.45, 2.75) is 12.0 Å². The van der Waals surface area contributed by atoms with E-state index in [1.807, 2.05) is 36.4 Å². The van der Waals surface area contributed by atoms with Crippen LogP contribution in [0.15, 0.2) is 65.7 Å². The maximum Gasteiger partial charge on any atom is 0.283 e. The summed E-state index contributed by atoms with van der Waals surface area (Å²) in [4.78, 5) is 6.84. The van der Waals surface area contributed by atoms with Crippen LogP contribution >= 0.6 is 0 Å². The third kappa shape index (κ3) is 3.40. The number of anilines is 1. The Hall–Kier alpha value is -3.58. The molecular formula is C26H24FN3O3. The quantitative estimate of drug-likeness (QED) is 0.661. The first-order chi connectivity index (χ1) is 16.1. The Morgan fingerprint density at radius 3 is 2.55 bits per heavy atom. The van der Waals surface area contributed by atoms with Crippen LogP contribution in [0.1, 0.15) is 22.3 Å². The van der Waals surface area contributed by atoms with E-state index in [1.54, 1.807) is 0 Å². The van der Waals surface area contributed by atoms with Crippen LogP contribution in [-0.4, -0.2) is 38.9 Å². The van der Waals surface area contributed by atoms with Crippen molar-refractivity contribution in [2.75, 3.05) is 37.8 Å². The number of morpholine rings is 1. The lowest BCUT2D eigenvalue weighted by Crippen LogP contribution is -2.37. The van der Waals surface area contributed by atoms with E-state index in [-0.39, 0.29) is 18.4 Å². The number of rotatable bonds is 3. The van der Waals surface area contributed by atoms with Gasteiger partial charge >= 0.3 is 0 Å². The summed E-state index contributed by atoms with van der Waals surface area (Å²) in [6, 6.07) is 19.8. The summed E-state index contributed by atoms with van der Waals surface area (Å²) in [5.74, 6) is 0.324. The van der Waals surface area contributed by atoms with Crippen molar-refractivity contribution in [3.8, 4) is 11.5 Å². The van der Waals surface area contributed by atoms with Gasteiger partial charge in [0.2, 0.25) is 0 Å². The zero-order valence-electron chi connectivity index (χ0n) is 18.1. The summed E-state index contributed by atoms with van der Waals surface area (Å²) >= 11 is 0. The first-order valence-corrected chi connectivity index (χ1v) is 11.1. The number of fused-ring (bicyclic) bond motifs is 4. The topological polar surface area (TPSA) is 69.3 Å². The minimum absolute atomic E-state index is 0.0967. The Morgan fingerprint density at radius 2 is 1.79 bits per heavy atom. The molecule has 2 N–H and O–H groups in total. The summed E-state index contributed by atoms with van der Waals surface area (Å²) in [5, 5.41) is 0. The highest BCUT2D eigenvalue weighted by Gasteiger charge is 2.48. The molecule has 3 aliphatic rings. The summed E-state index contributed by atoms with van der Waals surface area (Å²) in [7, 11) is 0. The smallest absolute Gasteiger partial charge is 0.283 e. The van der Waals surface area contributed by atoms with Gasteiger partial charge in [-0.15, -0.1) is 0 Å². The molecule has 6 rings (SSSR count). The molecule has 0 aliphatic carbocycles. The predicted molar refractivity (Wildman–Crippen MR) is 124 cm³/mol. The Bertz CT molecular complexity index is 1240. The van der Waals surface area contributed by atoms with Crippen molar-refractivity contribution in [3.63, 3.8) is 0 Å². The van der Waals surface area contributed by atoms with Crippen LogP contribution in [0.25, 0.3) is 0 Å². The lowest BCUT2D eigenvalue weighted by Gasteiger charge is -2.36. The van der Waals surface area contributed by atoms with Gasteiger partial charge in [-0.2, -0.15) is 0 Å². The molecule has 0 amide bonds. The van der Waals surface area contributed by atoms with Crippen LogP contribution in [0, 0.1) is 5.82 Å². The number of nitrogens with zero attached hydrogens (tertiary/aromatic N) is 2. The molecule has 1 spiro atoms. The van der Waals surface area contributed by atoms with Crippen LogP contribution < -0.4 is 15.4 Å². The Balaban J connectivity index is 1.48. The van der Waals surface area contributed by atoms with Gasteiger partial charge in [0.15, 0.2) is 17.1 Å². The number of ether oxygens (including phenoxy) is 3. The van der Waals surface area contributed by atoms with E-state index in [2.05, 4.69) is 23.1 Å². The monoisotopic (exact) mass is 445 g/mol. The largest absolute Gasteiger partial charge is 0.462 e. The van der Waals surface area contributed by atoms with E-state index in [0.29, 0.717) is 37.6 Å². The maximum atomic E-state index is 15.4. The fraction of sp³-hybridized carbons (Fsp3) is 0.269. The Labute approximate surface area is 191 Å². The SMILES string of the molecule is NC1=N[C@@]2(CO1)c1cc(Cc3ccccc3)ccc1Oc1c(F)cc(N3CCOCC3)cc12. The molecule has 1 fully saturated rings. The minimum Gasteiger partial charge on any atom is -0.462 e. The molecule has 0 unspecified atom stereocenters. The molecule has 168 valence electrons. The van der Waals surface area contributed by atoms with Crippen molar-refractivity contribution < 1.29 is 18.6 Å². The molecule has 3 heterocycles. The lowest BCUT2D eigenvalue weighted by atomic mass is 9.80. The molecule has 0 saturated carbocycles. The second-order valence-electron chi connectivity index (χ2n) is 8.60. The number of hydrogen-bond donors (Lipinski definition) is 1. The van der Waals surface area contributed by atoms with Gasteiger partial charge in [-0.3, -0.25) is 0 Å². The number of halogens is 1. The average molecular weight is 445 g/mol. The van der Waals surface area contributed by atoms with Gasteiger partial charge < -0.3 is 24.8 Å². The molecule has 33 heavy (non-hydrogen) atoms. The van der Waals surface area contributed by atoms with E-state index in [1.165, 1.54) is 11.6 Å². The molecule has 1 saturated heterocycles. The fourth-order valence-corrected chi connectivity index (χ4v) is 4.89. The summed E-state index contributed by atoms with van der Waals surface area (Å²) in [5.41, 5.74) is 9.61. The van der Waals surface area contributed by atoms with Crippen LogP contribution in [0.3, 0.4) is 0 Å². The molecular weight excluding hydrogens is 421 g/mol. The number of benzene rings is 3. The van der Waals surface area contributed by atoms with Crippen molar-refractivity contribution in [3.05, 3.63) is 88.7 Å². The highest BCUT2D eigenvalue weighted by atomic mass is 19.1. The lowest BCUT2D eigenvalue weighted by molar-refractivity contribution is 0.122. The van der Waals surface area contributed by atoms with Gasteiger partial charge in [0.1, 0.15) is 12.4 Å². The molecule has 3 aromatic carbocycles. The molecule has 3 aliphatic heterocycles. The number of amidine groups is 1. The molecule has 3 aromatic rings. The van der Waals surface area contributed by atoms with Crippen LogP contribution in [0.5, 0.6) is 11.5 Å². The number of nitrogens with two attached hydrogens (primary N) is 1. The van der Waals surface area contributed by atoms with Crippen molar-refractivity contribution in [1.29, 1.82) is 0 Å². The average Bonchev–Trinajstić information content (AvgIpc) is 3.23. The summed E-state index contributed by atoms with van der Waals surface area (Å²) in [6.45, 7) is 2.82. The molecule has 0 radical (unpaired) electrons. The van der Waals surface area contributed by atoms with Gasteiger partial charge in [-0.05, 0) is 35.7 Å². The second-order valence-corrected chi connectivity index (χ2v) is 8.60. The van der Waals surface area contributed by atoms with Crippen molar-refractivity contribution in [2.24, 2.45) is 10.7 Å². The molecule has 0 bridgehead atoms. The Morgan fingerprint density at radius 1 is 0.970 bits per heavy atom. The third-order valence-corrected chi connectivity index (χ3v) is 6.53. The molecule has 0 aromatic heterocycles. The summed E-state index contributed by atoms with van der Waals surface area (Å²) in [6.07, 6.45) is 0.763. The maximum absolute atomic E-state index is 15.4. The highest BCUT2D eigenvalue weighted by Crippen LogP contribution is 2.52. The summed E-state index contributed by atoms with van der Waals surface area (Å²) < 4.78 is 32.6. The van der Waals surface area contributed by atoms with Crippen molar-refractivity contribution >= 4 is 11.7 Å². The third-order valence-electron chi connectivity index (χ3n) is 6.53. The van der Waals surface area contributed by atoms with E-state index in [9.17, 15) is 0 Å². The van der Waals surface area contributed by atoms with Crippen LogP contribution in [-0.2, 0) is 21.4 Å². The van der Waals surface area contributed by atoms with Crippen molar-refractivity contribution in [1.82, 2.24) is 0 Å². The van der Waals surface area contributed by atoms with Crippen LogP contribution in [0.2, 0.25) is 0 Å². The normalized spacial score (nSPS) is 21.1. The zero-order chi connectivity index (χ0) is 22.4. The van der Waals surface area contributed by atoms with E-state index in [0.717, 1.165) is 23.2 Å². The highest BCUT2D eigenvalue weighted by molar-refractivity contribution is 5.77. The predicted octanol–water partition coefficient (Wildman–Crippen LogP) is 3.95. The van der Waals surface area contributed by atoms with Crippen LogP contribution in [0.4, 0.5) is 10.1 Å². The van der Waals surface area contributed by atoms with E-state index >= 15 is 4.39 Å². The van der Waals surface area contributed by atoms with E-state index < -0.39 is 11.4 Å². The zero-order valence-corrected chi connectivity index (χ0v) is 18.1. The van der Waals surface area contributed by atoms with Gasteiger partial charge in [-0.1, -0.05) is 36.4 Å². The van der Waals surface area contributed by atoms with Gasteiger partial charge in [-0.25, -0.2) is 9.38 Å². The molecule has 1 atom stereocenters. The standard InChI is InChI=1S/C26H24FN3O3/c27-22-15-19(30-8-10-31-11-9-30)14-21-24(22)33-23-7-6-18(12-17-4-2-1-3-5-17)13-20(23)26(21)16-32-25(28)29-26/h1-7,13-15H,8-12,16H2,(H2,28,29)/t26-/m0/s1. The number of hydrogen-bond acceptors (Lipinski definition) is 6.